The Morgan fingerprint density at radius 1 is 0.970 bits per heavy atom. The van der Waals surface area contributed by atoms with Crippen LogP contribution in [0.3, 0.4) is 0 Å². The van der Waals surface area contributed by atoms with Crippen LogP contribution in [0.15, 0.2) is 48.8 Å². The van der Waals surface area contributed by atoms with Gasteiger partial charge >= 0.3 is 0 Å². The Morgan fingerprint density at radius 3 is 2.61 bits per heavy atom. The van der Waals surface area contributed by atoms with E-state index in [1.54, 1.807) is 30.6 Å². The Labute approximate surface area is 186 Å². The van der Waals surface area contributed by atoms with Gasteiger partial charge in [-0.15, -0.1) is 0 Å². The summed E-state index contributed by atoms with van der Waals surface area (Å²) in [6.07, 6.45) is 3.40. The fourth-order valence-electron chi connectivity index (χ4n) is 4.50. The molecular formula is C24H16N8O. The van der Waals surface area contributed by atoms with Gasteiger partial charge in [0.15, 0.2) is 0 Å². The number of H-pyrrole nitrogens is 3. The van der Waals surface area contributed by atoms with Crippen molar-refractivity contribution in [1.29, 1.82) is 5.26 Å². The summed E-state index contributed by atoms with van der Waals surface area (Å²) in [6.45, 7) is 2.00. The van der Waals surface area contributed by atoms with E-state index >= 15 is 0 Å². The van der Waals surface area contributed by atoms with Crippen molar-refractivity contribution in [3.63, 3.8) is 0 Å². The first-order chi connectivity index (χ1) is 16.1. The third-order valence-corrected chi connectivity index (χ3v) is 6.10. The van der Waals surface area contributed by atoms with E-state index in [1.807, 2.05) is 25.1 Å². The van der Waals surface area contributed by atoms with Gasteiger partial charge in [0.05, 0.1) is 40.6 Å². The van der Waals surface area contributed by atoms with E-state index in [9.17, 15) is 10.1 Å². The van der Waals surface area contributed by atoms with Crippen LogP contribution >= 0.6 is 0 Å². The Balaban J connectivity index is 1.75. The summed E-state index contributed by atoms with van der Waals surface area (Å²) < 4.78 is 0. The highest BCUT2D eigenvalue weighted by Crippen LogP contribution is 2.41. The first-order valence-electron chi connectivity index (χ1n) is 10.2. The van der Waals surface area contributed by atoms with Gasteiger partial charge in [0, 0.05) is 32.8 Å². The molecule has 9 nitrogen and oxygen atoms in total. The molecule has 0 aliphatic heterocycles. The molecule has 0 bridgehead atoms. The highest BCUT2D eigenvalue weighted by molar-refractivity contribution is 6.13. The smallest absolute Gasteiger partial charge is 0.249 e. The molecule has 9 heteroatoms. The van der Waals surface area contributed by atoms with E-state index in [0.717, 1.165) is 43.8 Å². The molecule has 0 saturated heterocycles. The topological polar surface area (TPSA) is 153 Å². The molecule has 33 heavy (non-hydrogen) atoms. The number of nitrogens with zero attached hydrogens (tertiary/aromatic N) is 4. The van der Waals surface area contributed by atoms with Crippen LogP contribution in [-0.4, -0.2) is 36.5 Å². The second-order valence-electron chi connectivity index (χ2n) is 7.89. The second kappa shape index (κ2) is 6.77. The molecule has 0 atom stereocenters. The number of hydrogen-bond acceptors (Lipinski definition) is 5. The number of aromatic amines is 3. The minimum Gasteiger partial charge on any atom is -0.366 e. The zero-order chi connectivity index (χ0) is 22.7. The summed E-state index contributed by atoms with van der Waals surface area (Å²) in [5.41, 5.74) is 12.5. The summed E-state index contributed by atoms with van der Waals surface area (Å²) in [7, 11) is 0. The van der Waals surface area contributed by atoms with Crippen LogP contribution in [-0.2, 0) is 0 Å². The number of nitriles is 1. The molecule has 0 aliphatic carbocycles. The van der Waals surface area contributed by atoms with Gasteiger partial charge in [-0.1, -0.05) is 12.1 Å². The van der Waals surface area contributed by atoms with E-state index < -0.39 is 5.91 Å². The minimum absolute atomic E-state index is 0.306. The number of carbonyl (C=O) groups excluding carboxylic acids is 1. The van der Waals surface area contributed by atoms with Crippen molar-refractivity contribution in [1.82, 2.24) is 30.6 Å². The molecule has 3 aromatic carbocycles. The predicted octanol–water partition coefficient (Wildman–Crippen LogP) is 3.93. The first-order valence-corrected chi connectivity index (χ1v) is 10.2. The summed E-state index contributed by atoms with van der Waals surface area (Å²) in [4.78, 5) is 12.4. The quantitative estimate of drug-likeness (QED) is 0.334. The van der Waals surface area contributed by atoms with Crippen LogP contribution in [0, 0.1) is 18.3 Å². The Morgan fingerprint density at radius 2 is 1.79 bits per heavy atom. The number of carbonyl (C=O) groups is 1. The SMILES string of the molecule is Cc1c(-c2n[nH]c3ccc(C#N)c(-c4cc5[nH]ncc5cc4C(N)=O)c23)ccc2cn[nH]c12. The molecule has 5 N–H and O–H groups in total. The first kappa shape index (κ1) is 18.8. The number of aromatic nitrogens is 6. The van der Waals surface area contributed by atoms with Crippen LogP contribution in [0.25, 0.3) is 55.1 Å². The average molecular weight is 432 g/mol. The van der Waals surface area contributed by atoms with E-state index in [1.165, 1.54) is 0 Å². The maximum Gasteiger partial charge on any atom is 0.249 e. The van der Waals surface area contributed by atoms with Crippen LogP contribution in [0.5, 0.6) is 0 Å². The molecular weight excluding hydrogens is 416 g/mol. The van der Waals surface area contributed by atoms with Gasteiger partial charge in [-0.05, 0) is 42.3 Å². The zero-order valence-electron chi connectivity index (χ0n) is 17.4. The van der Waals surface area contributed by atoms with Crippen LogP contribution in [0.2, 0.25) is 0 Å². The van der Waals surface area contributed by atoms with Gasteiger partial charge < -0.3 is 5.73 Å². The number of nitrogens with two attached hydrogens (primary N) is 1. The Hall–Kier alpha value is -4.97. The fraction of sp³-hybridized carbons (Fsp3) is 0.0417. The maximum absolute atomic E-state index is 12.4. The standard InChI is InChI=1S/C24H16N8O/c1-11-15(4-2-13-9-28-31-22(11)13)23-21-18(30-32-23)5-3-12(8-25)20(21)16-7-19-14(10-27-29-19)6-17(16)24(26)33/h2-7,9-10H,1H3,(H2,26,33)(H,27,29)(H,28,31)(H,30,32). The highest BCUT2D eigenvalue weighted by atomic mass is 16.1. The van der Waals surface area contributed by atoms with Crippen molar-refractivity contribution in [3.8, 4) is 28.5 Å². The van der Waals surface area contributed by atoms with E-state index in [4.69, 9.17) is 5.73 Å². The molecule has 6 aromatic rings. The van der Waals surface area contributed by atoms with Crippen molar-refractivity contribution in [2.75, 3.05) is 0 Å². The molecule has 158 valence electrons. The fourth-order valence-corrected chi connectivity index (χ4v) is 4.50. The Bertz CT molecular complexity index is 1780. The van der Waals surface area contributed by atoms with Gasteiger partial charge in [0.2, 0.25) is 5.91 Å². The normalized spacial score (nSPS) is 11.4. The number of benzene rings is 3. The zero-order valence-corrected chi connectivity index (χ0v) is 17.4. The van der Waals surface area contributed by atoms with Gasteiger partial charge in [-0.25, -0.2) is 0 Å². The number of aryl methyl sites for hydroxylation is 1. The number of fused-ring (bicyclic) bond motifs is 3. The lowest BCUT2D eigenvalue weighted by Crippen LogP contribution is -2.12. The minimum atomic E-state index is -0.589. The van der Waals surface area contributed by atoms with Crippen LogP contribution in [0.1, 0.15) is 21.5 Å². The van der Waals surface area contributed by atoms with Crippen molar-refractivity contribution in [2.24, 2.45) is 5.73 Å². The summed E-state index contributed by atoms with van der Waals surface area (Å²) in [5, 5.41) is 34.3. The lowest BCUT2D eigenvalue weighted by Gasteiger charge is -2.13. The van der Waals surface area contributed by atoms with Crippen molar-refractivity contribution in [3.05, 3.63) is 65.5 Å². The lowest BCUT2D eigenvalue weighted by molar-refractivity contribution is 0.100. The largest absolute Gasteiger partial charge is 0.366 e. The van der Waals surface area contributed by atoms with Gasteiger partial charge in [0.1, 0.15) is 5.69 Å². The van der Waals surface area contributed by atoms with Crippen molar-refractivity contribution in [2.45, 2.75) is 6.92 Å². The molecule has 3 heterocycles. The lowest BCUT2D eigenvalue weighted by atomic mass is 9.89. The number of hydrogen-bond donors (Lipinski definition) is 4. The average Bonchev–Trinajstić information content (AvgIpc) is 3.56. The number of primary amides is 1. The van der Waals surface area contributed by atoms with Crippen LogP contribution in [0.4, 0.5) is 0 Å². The molecule has 0 saturated carbocycles. The molecule has 0 spiro atoms. The predicted molar refractivity (Wildman–Crippen MR) is 124 cm³/mol. The van der Waals surface area contributed by atoms with E-state index in [-0.39, 0.29) is 0 Å². The summed E-state index contributed by atoms with van der Waals surface area (Å²) >= 11 is 0. The van der Waals surface area contributed by atoms with Crippen molar-refractivity contribution < 1.29 is 4.79 Å². The number of nitrogens with one attached hydrogen (secondary N) is 3. The van der Waals surface area contributed by atoms with Gasteiger partial charge in [0.25, 0.3) is 0 Å². The summed E-state index contributed by atoms with van der Waals surface area (Å²) in [5.74, 6) is -0.589. The summed E-state index contributed by atoms with van der Waals surface area (Å²) in [6, 6.07) is 13.3. The van der Waals surface area contributed by atoms with E-state index in [0.29, 0.717) is 27.9 Å². The molecule has 0 fully saturated rings. The third kappa shape index (κ3) is 2.64. The van der Waals surface area contributed by atoms with E-state index in [2.05, 4.69) is 36.7 Å². The second-order valence-corrected chi connectivity index (χ2v) is 7.89. The Kier molecular flexibility index (Phi) is 3.85. The number of amides is 1. The van der Waals surface area contributed by atoms with Gasteiger partial charge in [-0.3, -0.25) is 20.1 Å². The maximum atomic E-state index is 12.4. The molecule has 0 radical (unpaired) electrons. The van der Waals surface area contributed by atoms with Crippen LogP contribution < -0.4 is 5.73 Å². The molecule has 0 aliphatic rings. The monoisotopic (exact) mass is 432 g/mol. The number of rotatable bonds is 3. The molecule has 0 unspecified atom stereocenters. The molecule has 1 amide bonds. The third-order valence-electron chi connectivity index (χ3n) is 6.10. The van der Waals surface area contributed by atoms with Crippen molar-refractivity contribution >= 4 is 38.6 Å². The molecule has 6 rings (SSSR count). The molecule has 3 aromatic heterocycles. The van der Waals surface area contributed by atoms with Gasteiger partial charge in [-0.2, -0.15) is 20.6 Å². The highest BCUT2D eigenvalue weighted by Gasteiger charge is 2.23.